The van der Waals surface area contributed by atoms with Gasteiger partial charge in [-0.15, -0.1) is 0 Å². The lowest BCUT2D eigenvalue weighted by atomic mass is 9.99. The summed E-state index contributed by atoms with van der Waals surface area (Å²) in [6, 6.07) is 17.4. The first-order valence-corrected chi connectivity index (χ1v) is 10.8. The zero-order chi connectivity index (χ0) is 25.0. The van der Waals surface area contributed by atoms with E-state index in [4.69, 9.17) is 4.74 Å². The quantitative estimate of drug-likeness (QED) is 0.310. The zero-order valence-corrected chi connectivity index (χ0v) is 18.7. The number of carbonyl (C=O) groups excluding carboxylic acids is 2. The zero-order valence-electron chi connectivity index (χ0n) is 18.7. The summed E-state index contributed by atoms with van der Waals surface area (Å²) < 4.78 is 18.5. The lowest BCUT2D eigenvalue weighted by molar-refractivity contribution is -0.137. The Hall–Kier alpha value is -4.47. The number of benzene rings is 2. The van der Waals surface area contributed by atoms with Gasteiger partial charge in [0.15, 0.2) is 0 Å². The van der Waals surface area contributed by atoms with Gasteiger partial charge in [-0.3, -0.25) is 9.59 Å². The molecule has 1 heterocycles. The fraction of sp³-hybridized carbons (Fsp3) is 0.200. The van der Waals surface area contributed by atoms with Gasteiger partial charge in [-0.1, -0.05) is 42.5 Å². The van der Waals surface area contributed by atoms with Crippen LogP contribution < -0.4 is 16.0 Å². The Bertz CT molecular complexity index is 1140. The standard InChI is InChI=1S/C25H25FN4O5/c26-20-5-3-4-19(14-20)17-7-9-18(10-8-17)21(15-24(32)33)30-23(31)16-29-25(34)35-13-12-28-22-6-1-2-11-27-22/h1-11,14,21H,12-13,15-16H2,(H,27,28)(H,29,34)(H,30,31)(H,32,33). The molecular weight excluding hydrogens is 455 g/mol. The molecule has 1 atom stereocenters. The molecule has 0 radical (unpaired) electrons. The van der Waals surface area contributed by atoms with Crippen molar-refractivity contribution in [3.63, 3.8) is 0 Å². The Kier molecular flexibility index (Phi) is 9.12. The third-order valence-electron chi connectivity index (χ3n) is 4.88. The number of anilines is 1. The normalized spacial score (nSPS) is 11.2. The van der Waals surface area contributed by atoms with Gasteiger partial charge in [0, 0.05) is 6.20 Å². The largest absolute Gasteiger partial charge is 0.481 e. The van der Waals surface area contributed by atoms with Crippen LogP contribution in [0.2, 0.25) is 0 Å². The maximum absolute atomic E-state index is 13.5. The Balaban J connectivity index is 1.48. The number of hydrogen-bond acceptors (Lipinski definition) is 6. The maximum atomic E-state index is 13.5. The van der Waals surface area contributed by atoms with Crippen LogP contribution in [0.4, 0.5) is 15.0 Å². The minimum atomic E-state index is -1.10. The first-order valence-electron chi connectivity index (χ1n) is 10.8. The number of ether oxygens (including phenoxy) is 1. The Morgan fingerprint density at radius 1 is 1.00 bits per heavy atom. The summed E-state index contributed by atoms with van der Waals surface area (Å²) in [4.78, 5) is 39.5. The molecule has 0 saturated carbocycles. The predicted octanol–water partition coefficient (Wildman–Crippen LogP) is 3.36. The van der Waals surface area contributed by atoms with Crippen molar-refractivity contribution in [2.45, 2.75) is 12.5 Å². The monoisotopic (exact) mass is 480 g/mol. The van der Waals surface area contributed by atoms with Crippen molar-refractivity contribution in [1.29, 1.82) is 0 Å². The second-order valence-electron chi connectivity index (χ2n) is 7.48. The molecule has 1 aromatic heterocycles. The Morgan fingerprint density at radius 3 is 2.49 bits per heavy atom. The van der Waals surface area contributed by atoms with Crippen molar-refractivity contribution in [3.8, 4) is 11.1 Å². The van der Waals surface area contributed by atoms with Gasteiger partial charge in [0.2, 0.25) is 5.91 Å². The molecule has 0 aliphatic carbocycles. The average molecular weight is 480 g/mol. The molecule has 2 aromatic carbocycles. The topological polar surface area (TPSA) is 130 Å². The summed E-state index contributed by atoms with van der Waals surface area (Å²) in [7, 11) is 0. The number of alkyl carbamates (subject to hydrolysis) is 1. The Labute approximate surface area is 201 Å². The molecule has 0 bridgehead atoms. The van der Waals surface area contributed by atoms with Gasteiger partial charge >= 0.3 is 12.1 Å². The molecular formula is C25H25FN4O5. The van der Waals surface area contributed by atoms with Gasteiger partial charge in [-0.25, -0.2) is 14.2 Å². The van der Waals surface area contributed by atoms with Crippen LogP contribution in [0.5, 0.6) is 0 Å². The summed E-state index contributed by atoms with van der Waals surface area (Å²) in [6.07, 6.45) is 0.497. The highest BCUT2D eigenvalue weighted by Gasteiger charge is 2.19. The molecule has 182 valence electrons. The predicted molar refractivity (Wildman–Crippen MR) is 127 cm³/mol. The maximum Gasteiger partial charge on any atom is 0.407 e. The van der Waals surface area contributed by atoms with Crippen molar-refractivity contribution >= 4 is 23.8 Å². The molecule has 1 unspecified atom stereocenters. The fourth-order valence-electron chi connectivity index (χ4n) is 3.24. The minimum absolute atomic E-state index is 0.0589. The number of aromatic nitrogens is 1. The number of rotatable bonds is 11. The number of nitrogens with zero attached hydrogens (tertiary/aromatic N) is 1. The first-order chi connectivity index (χ1) is 16.9. The molecule has 4 N–H and O–H groups in total. The third kappa shape index (κ3) is 8.43. The highest BCUT2D eigenvalue weighted by Crippen LogP contribution is 2.24. The van der Waals surface area contributed by atoms with Crippen LogP contribution in [-0.4, -0.2) is 47.8 Å². The van der Waals surface area contributed by atoms with E-state index >= 15 is 0 Å². The SMILES string of the molecule is O=C(O)CC(NC(=O)CNC(=O)OCCNc1ccccn1)c1ccc(-c2cccc(F)c2)cc1. The van der Waals surface area contributed by atoms with Crippen LogP contribution >= 0.6 is 0 Å². The van der Waals surface area contributed by atoms with Crippen LogP contribution in [-0.2, 0) is 14.3 Å². The van der Waals surface area contributed by atoms with Crippen molar-refractivity contribution < 1.29 is 28.6 Å². The van der Waals surface area contributed by atoms with Gasteiger partial charge in [-0.05, 0) is 41.0 Å². The molecule has 2 amide bonds. The van der Waals surface area contributed by atoms with E-state index in [0.29, 0.717) is 23.5 Å². The number of pyridine rings is 1. The summed E-state index contributed by atoms with van der Waals surface area (Å²) in [5.41, 5.74) is 1.98. The molecule has 0 spiro atoms. The fourth-order valence-corrected chi connectivity index (χ4v) is 3.24. The summed E-state index contributed by atoms with van der Waals surface area (Å²) in [5.74, 6) is -1.39. The molecule has 10 heteroatoms. The van der Waals surface area contributed by atoms with Crippen LogP contribution in [0.3, 0.4) is 0 Å². The first kappa shape index (κ1) is 25.2. The number of carbonyl (C=O) groups is 3. The lowest BCUT2D eigenvalue weighted by Crippen LogP contribution is -2.39. The van der Waals surface area contributed by atoms with E-state index in [-0.39, 0.29) is 25.4 Å². The van der Waals surface area contributed by atoms with Gasteiger partial charge < -0.3 is 25.8 Å². The van der Waals surface area contributed by atoms with Gasteiger partial charge in [0.05, 0.1) is 19.0 Å². The van der Waals surface area contributed by atoms with Crippen LogP contribution in [0.15, 0.2) is 72.9 Å². The second kappa shape index (κ2) is 12.7. The van der Waals surface area contributed by atoms with Gasteiger partial charge in [-0.2, -0.15) is 0 Å². The van der Waals surface area contributed by atoms with Gasteiger partial charge in [0.25, 0.3) is 0 Å². The molecule has 0 fully saturated rings. The molecule has 3 aromatic rings. The number of carboxylic acid groups (broad SMARTS) is 1. The molecule has 3 rings (SSSR count). The number of carboxylic acids is 1. The van der Waals surface area contributed by atoms with Crippen LogP contribution in [0.1, 0.15) is 18.0 Å². The average Bonchev–Trinajstić information content (AvgIpc) is 2.85. The lowest BCUT2D eigenvalue weighted by Gasteiger charge is -2.18. The third-order valence-corrected chi connectivity index (χ3v) is 4.88. The van der Waals surface area contributed by atoms with Gasteiger partial charge in [0.1, 0.15) is 24.8 Å². The van der Waals surface area contributed by atoms with E-state index in [1.54, 1.807) is 54.7 Å². The summed E-state index contributed by atoms with van der Waals surface area (Å²) in [6.45, 7) is 0.0102. The molecule has 9 nitrogen and oxygen atoms in total. The molecule has 0 aliphatic rings. The number of nitrogens with one attached hydrogen (secondary N) is 3. The number of aliphatic carboxylic acids is 1. The molecule has 0 aliphatic heterocycles. The van der Waals surface area contributed by atoms with Crippen molar-refractivity contribution in [1.82, 2.24) is 15.6 Å². The van der Waals surface area contributed by atoms with E-state index in [1.807, 2.05) is 6.07 Å². The van der Waals surface area contributed by atoms with E-state index < -0.39 is 24.0 Å². The van der Waals surface area contributed by atoms with E-state index in [9.17, 15) is 23.9 Å². The van der Waals surface area contributed by atoms with E-state index in [1.165, 1.54) is 12.1 Å². The number of amides is 2. The minimum Gasteiger partial charge on any atom is -0.481 e. The number of hydrogen-bond donors (Lipinski definition) is 4. The van der Waals surface area contributed by atoms with Crippen molar-refractivity contribution in [2.75, 3.05) is 25.0 Å². The van der Waals surface area contributed by atoms with E-state index in [0.717, 1.165) is 5.56 Å². The van der Waals surface area contributed by atoms with Crippen molar-refractivity contribution in [2.24, 2.45) is 0 Å². The van der Waals surface area contributed by atoms with E-state index in [2.05, 4.69) is 20.9 Å². The highest BCUT2D eigenvalue weighted by atomic mass is 19.1. The number of halogens is 1. The van der Waals surface area contributed by atoms with Crippen LogP contribution in [0, 0.1) is 5.82 Å². The molecule has 35 heavy (non-hydrogen) atoms. The Morgan fingerprint density at radius 2 is 1.80 bits per heavy atom. The second-order valence-corrected chi connectivity index (χ2v) is 7.48. The smallest absolute Gasteiger partial charge is 0.407 e. The molecule has 0 saturated heterocycles. The highest BCUT2D eigenvalue weighted by molar-refractivity contribution is 5.83. The van der Waals surface area contributed by atoms with Crippen LogP contribution in [0.25, 0.3) is 11.1 Å². The summed E-state index contributed by atoms with van der Waals surface area (Å²) in [5, 5.41) is 17.2. The summed E-state index contributed by atoms with van der Waals surface area (Å²) >= 11 is 0. The van der Waals surface area contributed by atoms with Crippen molar-refractivity contribution in [3.05, 3.63) is 84.3 Å².